The Bertz CT molecular complexity index is 1250. The number of carbonyl (C=O) groups is 2. The predicted octanol–water partition coefficient (Wildman–Crippen LogP) is 3.83. The van der Waals surface area contributed by atoms with E-state index in [2.05, 4.69) is 6.07 Å². The number of carboxylic acids is 1. The fourth-order valence-electron chi connectivity index (χ4n) is 4.11. The van der Waals surface area contributed by atoms with Crippen molar-refractivity contribution in [1.82, 2.24) is 4.57 Å². The third kappa shape index (κ3) is 2.88. The van der Waals surface area contributed by atoms with Gasteiger partial charge in [-0.2, -0.15) is 0 Å². The normalized spacial score (nSPS) is 16.1. The van der Waals surface area contributed by atoms with Gasteiger partial charge >= 0.3 is 5.97 Å². The lowest BCUT2D eigenvalue weighted by atomic mass is 9.97. The number of aryl methyl sites for hydroxylation is 1. The molecule has 2 heterocycles. The van der Waals surface area contributed by atoms with Crippen molar-refractivity contribution in [2.45, 2.75) is 38.1 Å². The van der Waals surface area contributed by atoms with Crippen molar-refractivity contribution >= 4 is 34.0 Å². The molecule has 0 spiro atoms. The van der Waals surface area contributed by atoms with Gasteiger partial charge in [0.15, 0.2) is 5.75 Å². The Labute approximate surface area is 170 Å². The molecule has 0 aliphatic heterocycles. The van der Waals surface area contributed by atoms with E-state index in [1.165, 1.54) is 11.8 Å². The van der Waals surface area contributed by atoms with Crippen molar-refractivity contribution in [3.8, 4) is 16.2 Å². The minimum absolute atomic E-state index is 0.175. The van der Waals surface area contributed by atoms with Crippen LogP contribution in [-0.4, -0.2) is 28.5 Å². The van der Waals surface area contributed by atoms with Crippen LogP contribution in [-0.2, 0) is 17.6 Å². The Balaban J connectivity index is 1.78. The lowest BCUT2D eigenvalue weighted by Gasteiger charge is -2.17. The molecule has 1 aromatic carbocycles. The van der Waals surface area contributed by atoms with E-state index < -0.39 is 11.4 Å². The molecular weight excluding hydrogens is 390 g/mol. The number of hydrogen-bond donors (Lipinski definition) is 1. The molecule has 1 N–H and O–H groups in total. The molecule has 0 amide bonds. The third-order valence-electron chi connectivity index (χ3n) is 5.71. The molecule has 0 unspecified atom stereocenters. The standard InChI is InChI=1S/C22H19NO5S/c1-28-21-14(18-8-11-2-5-13(24)9-17(11)29-18)6-7-15-19(21)23(12-3-4-12)10-16(20(15)25)22(26)27/h6-8,10,12H,2-5,9H2,1H3,(H,26,27). The van der Waals surface area contributed by atoms with Gasteiger partial charge in [0.2, 0.25) is 5.43 Å². The van der Waals surface area contributed by atoms with Crippen LogP contribution in [0.5, 0.6) is 5.75 Å². The molecule has 1 fully saturated rings. The molecule has 29 heavy (non-hydrogen) atoms. The van der Waals surface area contributed by atoms with Gasteiger partial charge < -0.3 is 14.4 Å². The molecule has 1 saturated carbocycles. The van der Waals surface area contributed by atoms with E-state index in [4.69, 9.17) is 4.74 Å². The van der Waals surface area contributed by atoms with E-state index in [0.717, 1.165) is 34.6 Å². The zero-order chi connectivity index (χ0) is 20.3. The molecule has 0 bridgehead atoms. The Hall–Kier alpha value is -2.93. The minimum Gasteiger partial charge on any atom is -0.494 e. The van der Waals surface area contributed by atoms with Gasteiger partial charge in [0, 0.05) is 40.4 Å². The van der Waals surface area contributed by atoms with Crippen LogP contribution in [0.25, 0.3) is 21.3 Å². The predicted molar refractivity (Wildman–Crippen MR) is 110 cm³/mol. The molecule has 2 aliphatic carbocycles. The average molecular weight is 409 g/mol. The van der Waals surface area contributed by atoms with Gasteiger partial charge in [0.05, 0.1) is 18.0 Å². The van der Waals surface area contributed by atoms with Crippen LogP contribution in [0.2, 0.25) is 0 Å². The van der Waals surface area contributed by atoms with Crippen molar-refractivity contribution in [3.05, 3.63) is 50.6 Å². The summed E-state index contributed by atoms with van der Waals surface area (Å²) in [6.45, 7) is 0. The zero-order valence-corrected chi connectivity index (χ0v) is 16.7. The number of fused-ring (bicyclic) bond motifs is 2. The van der Waals surface area contributed by atoms with Gasteiger partial charge in [-0.15, -0.1) is 11.3 Å². The Morgan fingerprint density at radius 2 is 2.03 bits per heavy atom. The number of nitrogens with zero attached hydrogens (tertiary/aromatic N) is 1. The Morgan fingerprint density at radius 3 is 2.72 bits per heavy atom. The van der Waals surface area contributed by atoms with Gasteiger partial charge in [-0.3, -0.25) is 9.59 Å². The first kappa shape index (κ1) is 18.1. The van der Waals surface area contributed by atoms with Crippen molar-refractivity contribution < 1.29 is 19.4 Å². The summed E-state index contributed by atoms with van der Waals surface area (Å²) < 4.78 is 7.66. The second-order valence-corrected chi connectivity index (χ2v) is 8.77. The summed E-state index contributed by atoms with van der Waals surface area (Å²) in [5.41, 5.74) is 2.00. The highest BCUT2D eigenvalue weighted by Crippen LogP contribution is 2.45. The SMILES string of the molecule is COc1c(-c2cc3c(s2)CC(=O)CC3)ccc2c(=O)c(C(=O)O)cn(C3CC3)c12. The molecule has 5 rings (SSSR count). The number of pyridine rings is 1. The highest BCUT2D eigenvalue weighted by Gasteiger charge is 2.29. The lowest BCUT2D eigenvalue weighted by Crippen LogP contribution is -2.19. The van der Waals surface area contributed by atoms with Gasteiger partial charge in [-0.25, -0.2) is 4.79 Å². The van der Waals surface area contributed by atoms with Gasteiger partial charge in [0.1, 0.15) is 11.3 Å². The van der Waals surface area contributed by atoms with Crippen LogP contribution in [0.4, 0.5) is 0 Å². The van der Waals surface area contributed by atoms with E-state index in [1.54, 1.807) is 24.5 Å². The topological polar surface area (TPSA) is 85.6 Å². The maximum atomic E-state index is 12.8. The van der Waals surface area contributed by atoms with Crippen LogP contribution < -0.4 is 10.2 Å². The summed E-state index contributed by atoms with van der Waals surface area (Å²) in [6, 6.07) is 5.81. The van der Waals surface area contributed by atoms with Crippen LogP contribution in [0.15, 0.2) is 29.2 Å². The fraction of sp³-hybridized carbons (Fsp3) is 0.318. The fourth-order valence-corrected chi connectivity index (χ4v) is 5.38. The van der Waals surface area contributed by atoms with E-state index in [9.17, 15) is 19.5 Å². The monoisotopic (exact) mass is 409 g/mol. The molecule has 0 radical (unpaired) electrons. The lowest BCUT2D eigenvalue weighted by molar-refractivity contribution is -0.118. The number of Topliss-reactive ketones (excluding diaryl/α,β-unsaturated/α-hetero) is 1. The number of rotatable bonds is 4. The molecular formula is C22H19NO5S. The van der Waals surface area contributed by atoms with Crippen molar-refractivity contribution in [1.29, 1.82) is 0 Å². The van der Waals surface area contributed by atoms with Crippen LogP contribution in [0.3, 0.4) is 0 Å². The number of methoxy groups -OCH3 is 1. The summed E-state index contributed by atoms with van der Waals surface area (Å²) in [6.07, 6.45) is 5.16. The highest BCUT2D eigenvalue weighted by atomic mass is 32.1. The maximum absolute atomic E-state index is 12.8. The number of carbonyl (C=O) groups excluding carboxylic acids is 1. The minimum atomic E-state index is -1.22. The van der Waals surface area contributed by atoms with Crippen LogP contribution in [0.1, 0.15) is 46.1 Å². The number of benzene rings is 1. The number of carboxylic acid groups (broad SMARTS) is 1. The average Bonchev–Trinajstić information content (AvgIpc) is 3.46. The van der Waals surface area contributed by atoms with E-state index in [-0.39, 0.29) is 17.4 Å². The maximum Gasteiger partial charge on any atom is 0.341 e. The van der Waals surface area contributed by atoms with Crippen LogP contribution >= 0.6 is 11.3 Å². The van der Waals surface area contributed by atoms with Crippen molar-refractivity contribution in [3.63, 3.8) is 0 Å². The molecule has 2 aliphatic rings. The van der Waals surface area contributed by atoms with Gasteiger partial charge in [-0.1, -0.05) is 0 Å². The number of ketones is 1. The molecule has 0 saturated heterocycles. The Kier molecular flexibility index (Phi) is 4.10. The second kappa shape index (κ2) is 6.56. The second-order valence-electron chi connectivity index (χ2n) is 7.63. The smallest absolute Gasteiger partial charge is 0.341 e. The van der Waals surface area contributed by atoms with Crippen LogP contribution in [0, 0.1) is 0 Å². The van der Waals surface area contributed by atoms with E-state index in [0.29, 0.717) is 29.5 Å². The summed E-state index contributed by atoms with van der Waals surface area (Å²) in [5.74, 6) is -0.376. The molecule has 2 aromatic heterocycles. The number of thiophene rings is 1. The molecule has 0 atom stereocenters. The number of ether oxygens (including phenoxy) is 1. The summed E-state index contributed by atoms with van der Waals surface area (Å²) in [7, 11) is 1.57. The molecule has 148 valence electrons. The first-order valence-corrected chi connectivity index (χ1v) is 10.4. The van der Waals surface area contributed by atoms with Gasteiger partial charge in [-0.05, 0) is 43.0 Å². The molecule has 7 heteroatoms. The zero-order valence-electron chi connectivity index (χ0n) is 15.9. The number of aromatic carboxylic acids is 1. The number of aromatic nitrogens is 1. The third-order valence-corrected chi connectivity index (χ3v) is 6.93. The van der Waals surface area contributed by atoms with E-state index in [1.807, 2.05) is 10.6 Å². The largest absolute Gasteiger partial charge is 0.494 e. The molecule has 3 aromatic rings. The summed E-state index contributed by atoms with van der Waals surface area (Å²) >= 11 is 1.59. The molecule has 6 nitrogen and oxygen atoms in total. The first-order chi connectivity index (χ1) is 14.0. The first-order valence-electron chi connectivity index (χ1n) is 9.60. The van der Waals surface area contributed by atoms with Crippen molar-refractivity contribution in [2.24, 2.45) is 0 Å². The number of hydrogen-bond acceptors (Lipinski definition) is 5. The summed E-state index contributed by atoms with van der Waals surface area (Å²) in [4.78, 5) is 38.3. The highest BCUT2D eigenvalue weighted by molar-refractivity contribution is 7.15. The van der Waals surface area contributed by atoms with Gasteiger partial charge in [0.25, 0.3) is 0 Å². The quantitative estimate of drug-likeness (QED) is 0.708. The van der Waals surface area contributed by atoms with Crippen molar-refractivity contribution in [2.75, 3.05) is 7.11 Å². The Morgan fingerprint density at radius 1 is 1.24 bits per heavy atom. The summed E-state index contributed by atoms with van der Waals surface area (Å²) in [5, 5.41) is 9.81. The van der Waals surface area contributed by atoms with E-state index >= 15 is 0 Å².